The third-order valence-corrected chi connectivity index (χ3v) is 4.28. The molecule has 24 heavy (non-hydrogen) atoms. The second-order valence-corrected chi connectivity index (χ2v) is 5.48. The Balaban J connectivity index is 0.00000208. The van der Waals surface area contributed by atoms with E-state index in [1.54, 1.807) is 17.0 Å². The largest absolute Gasteiger partial charge is 0.493 e. The molecular formula is C16H22ClN3O4. The van der Waals surface area contributed by atoms with E-state index in [9.17, 15) is 4.79 Å². The second kappa shape index (κ2) is 7.72. The maximum Gasteiger partial charge on any atom is 0.261 e. The van der Waals surface area contributed by atoms with E-state index in [1.165, 1.54) is 21.3 Å². The molecule has 0 spiro atoms. The molecule has 7 nitrogen and oxygen atoms in total. The van der Waals surface area contributed by atoms with Crippen molar-refractivity contribution in [3.05, 3.63) is 22.7 Å². The fourth-order valence-corrected chi connectivity index (χ4v) is 3.09. The van der Waals surface area contributed by atoms with Crippen molar-refractivity contribution in [2.45, 2.75) is 18.9 Å². The van der Waals surface area contributed by atoms with E-state index in [0.29, 0.717) is 28.2 Å². The number of nitrogens with one attached hydrogen (secondary N) is 1. The van der Waals surface area contributed by atoms with Gasteiger partial charge in [0.25, 0.3) is 5.56 Å². The van der Waals surface area contributed by atoms with Crippen LogP contribution in [0.1, 0.15) is 18.9 Å². The highest BCUT2D eigenvalue weighted by Gasteiger charge is 2.22. The summed E-state index contributed by atoms with van der Waals surface area (Å²) in [4.78, 5) is 17.4. The van der Waals surface area contributed by atoms with Gasteiger partial charge in [-0.15, -0.1) is 12.4 Å². The van der Waals surface area contributed by atoms with Crippen molar-refractivity contribution >= 4 is 23.3 Å². The lowest BCUT2D eigenvalue weighted by Crippen LogP contribution is -2.34. The van der Waals surface area contributed by atoms with Crippen LogP contribution in [-0.4, -0.2) is 44.0 Å². The molecular weight excluding hydrogens is 334 g/mol. The summed E-state index contributed by atoms with van der Waals surface area (Å²) >= 11 is 0. The first-order chi connectivity index (χ1) is 11.2. The van der Waals surface area contributed by atoms with Crippen molar-refractivity contribution in [2.24, 2.45) is 0 Å². The van der Waals surface area contributed by atoms with E-state index in [1.807, 2.05) is 0 Å². The topological polar surface area (TPSA) is 74.6 Å². The van der Waals surface area contributed by atoms with Gasteiger partial charge in [0.15, 0.2) is 11.5 Å². The van der Waals surface area contributed by atoms with E-state index < -0.39 is 0 Å². The number of aromatic nitrogens is 2. The fraction of sp³-hybridized carbons (Fsp3) is 0.500. The van der Waals surface area contributed by atoms with Crippen molar-refractivity contribution in [3.8, 4) is 17.2 Å². The number of benzene rings is 1. The lowest BCUT2D eigenvalue weighted by molar-refractivity contribution is 0.326. The molecule has 2 heterocycles. The van der Waals surface area contributed by atoms with Gasteiger partial charge in [0, 0.05) is 6.04 Å². The van der Waals surface area contributed by atoms with Crippen molar-refractivity contribution in [3.63, 3.8) is 0 Å². The molecule has 8 heteroatoms. The maximum atomic E-state index is 12.9. The highest BCUT2D eigenvalue weighted by Crippen LogP contribution is 2.41. The summed E-state index contributed by atoms with van der Waals surface area (Å²) < 4.78 is 17.8. The van der Waals surface area contributed by atoms with Gasteiger partial charge in [-0.2, -0.15) is 0 Å². The molecule has 1 saturated heterocycles. The standard InChI is InChI=1S/C16H21N3O4.ClH/c1-21-12-8-11-13(15(23-3)14(12)22-2)18-9-19(16(11)20)10-4-6-17-7-5-10;/h8-10,17H,4-7H2,1-3H3;1H. The molecule has 0 radical (unpaired) electrons. The summed E-state index contributed by atoms with van der Waals surface area (Å²) in [5.41, 5.74) is 0.404. The van der Waals surface area contributed by atoms with Crippen LogP contribution in [0.5, 0.6) is 17.2 Å². The zero-order chi connectivity index (χ0) is 16.4. The molecule has 1 aliphatic rings. The number of ether oxygens (including phenoxy) is 3. The first-order valence-corrected chi connectivity index (χ1v) is 7.61. The van der Waals surface area contributed by atoms with Gasteiger partial charge in [-0.3, -0.25) is 9.36 Å². The van der Waals surface area contributed by atoms with Gasteiger partial charge in [0.05, 0.1) is 33.0 Å². The molecule has 1 N–H and O–H groups in total. The van der Waals surface area contributed by atoms with Gasteiger partial charge < -0.3 is 19.5 Å². The van der Waals surface area contributed by atoms with Crippen molar-refractivity contribution in [2.75, 3.05) is 34.4 Å². The molecule has 1 fully saturated rings. The summed E-state index contributed by atoms with van der Waals surface area (Å²) in [6.07, 6.45) is 3.43. The molecule has 1 aromatic heterocycles. The van der Waals surface area contributed by atoms with E-state index in [-0.39, 0.29) is 24.0 Å². The maximum absolute atomic E-state index is 12.9. The highest BCUT2D eigenvalue weighted by atomic mass is 35.5. The van der Waals surface area contributed by atoms with E-state index in [2.05, 4.69) is 10.3 Å². The van der Waals surface area contributed by atoms with Crippen LogP contribution in [-0.2, 0) is 0 Å². The monoisotopic (exact) mass is 355 g/mol. The molecule has 2 aromatic rings. The normalized spacial score (nSPS) is 15.0. The number of methoxy groups -OCH3 is 3. The molecule has 0 aliphatic carbocycles. The molecule has 0 atom stereocenters. The van der Waals surface area contributed by atoms with Crippen molar-refractivity contribution in [1.82, 2.24) is 14.9 Å². The van der Waals surface area contributed by atoms with E-state index >= 15 is 0 Å². The van der Waals surface area contributed by atoms with Crippen LogP contribution < -0.4 is 25.1 Å². The van der Waals surface area contributed by atoms with Gasteiger partial charge in [0.1, 0.15) is 5.52 Å². The minimum absolute atomic E-state index is 0. The average molecular weight is 356 g/mol. The number of hydrogen-bond donors (Lipinski definition) is 1. The third kappa shape index (κ3) is 3.01. The number of piperidine rings is 1. The first-order valence-electron chi connectivity index (χ1n) is 7.61. The Morgan fingerprint density at radius 3 is 2.38 bits per heavy atom. The molecule has 1 aromatic carbocycles. The van der Waals surface area contributed by atoms with Crippen molar-refractivity contribution in [1.29, 1.82) is 0 Å². The number of nitrogens with zero attached hydrogens (tertiary/aromatic N) is 2. The summed E-state index contributed by atoms with van der Waals surface area (Å²) in [7, 11) is 4.59. The quantitative estimate of drug-likeness (QED) is 0.901. The van der Waals surface area contributed by atoms with Crippen LogP contribution in [0.4, 0.5) is 0 Å². The van der Waals surface area contributed by atoms with Gasteiger partial charge in [-0.1, -0.05) is 0 Å². The summed E-state index contributed by atoms with van der Waals surface area (Å²) in [5, 5.41) is 3.77. The minimum atomic E-state index is -0.0823. The van der Waals surface area contributed by atoms with Crippen LogP contribution in [0.25, 0.3) is 10.9 Å². The summed E-state index contributed by atoms with van der Waals surface area (Å²) in [5.74, 6) is 1.31. The Morgan fingerprint density at radius 2 is 1.79 bits per heavy atom. The SMILES string of the molecule is COc1cc2c(=O)n(C3CCNCC3)cnc2c(OC)c1OC.Cl. The van der Waals surface area contributed by atoms with E-state index in [4.69, 9.17) is 14.2 Å². The summed E-state index contributed by atoms with van der Waals surface area (Å²) in [6, 6.07) is 1.84. The molecule has 0 unspecified atom stereocenters. The highest BCUT2D eigenvalue weighted by molar-refractivity contribution is 5.89. The van der Waals surface area contributed by atoms with Crippen LogP contribution in [0.3, 0.4) is 0 Å². The zero-order valence-corrected chi connectivity index (χ0v) is 14.8. The lowest BCUT2D eigenvalue weighted by Gasteiger charge is -2.24. The zero-order valence-electron chi connectivity index (χ0n) is 14.0. The number of hydrogen-bond acceptors (Lipinski definition) is 6. The number of halogens is 1. The van der Waals surface area contributed by atoms with Crippen LogP contribution in [0, 0.1) is 0 Å². The molecule has 0 bridgehead atoms. The minimum Gasteiger partial charge on any atom is -0.493 e. The van der Waals surface area contributed by atoms with Gasteiger partial charge in [0.2, 0.25) is 5.75 Å². The predicted molar refractivity (Wildman–Crippen MR) is 94.0 cm³/mol. The lowest BCUT2D eigenvalue weighted by atomic mass is 10.1. The molecule has 3 rings (SSSR count). The predicted octanol–water partition coefficient (Wildman–Crippen LogP) is 1.77. The van der Waals surface area contributed by atoms with Crippen LogP contribution in [0.15, 0.2) is 17.2 Å². The van der Waals surface area contributed by atoms with Crippen LogP contribution in [0.2, 0.25) is 0 Å². The molecule has 132 valence electrons. The molecule has 0 amide bonds. The van der Waals surface area contributed by atoms with Gasteiger partial charge in [-0.25, -0.2) is 4.98 Å². The van der Waals surface area contributed by atoms with Gasteiger partial charge in [-0.05, 0) is 32.0 Å². The molecule has 0 saturated carbocycles. The Morgan fingerprint density at radius 1 is 1.12 bits per heavy atom. The molecule has 1 aliphatic heterocycles. The Hall–Kier alpha value is -1.99. The Bertz CT molecular complexity index is 772. The number of rotatable bonds is 4. The number of fused-ring (bicyclic) bond motifs is 1. The van der Waals surface area contributed by atoms with Crippen LogP contribution >= 0.6 is 12.4 Å². The Kier molecular flexibility index (Phi) is 5.90. The second-order valence-electron chi connectivity index (χ2n) is 5.48. The van der Waals surface area contributed by atoms with Crippen molar-refractivity contribution < 1.29 is 14.2 Å². The van der Waals surface area contributed by atoms with E-state index in [0.717, 1.165) is 25.9 Å². The third-order valence-electron chi connectivity index (χ3n) is 4.28. The van der Waals surface area contributed by atoms with Gasteiger partial charge >= 0.3 is 0 Å². The fourth-order valence-electron chi connectivity index (χ4n) is 3.09. The average Bonchev–Trinajstić information content (AvgIpc) is 2.61. The Labute approximate surface area is 146 Å². The smallest absolute Gasteiger partial charge is 0.261 e. The first kappa shape index (κ1) is 18.4. The summed E-state index contributed by atoms with van der Waals surface area (Å²) in [6.45, 7) is 1.81.